The molecule has 6 heteroatoms. The second-order valence-electron chi connectivity index (χ2n) is 4.86. The molecule has 2 unspecified atom stereocenters. The van der Waals surface area contributed by atoms with Gasteiger partial charge >= 0.3 is 0 Å². The van der Waals surface area contributed by atoms with Crippen molar-refractivity contribution in [1.82, 2.24) is 9.97 Å². The standard InChI is InChI=1S/C15H18ClN3OS/c1-3-12(17)14(10-5-4-6-11(16)8-10)21-15-18-9(2)7-13(20)19-15/h4-8,12,14H,3,17H2,1-2H3,(H,18,19,20). The minimum Gasteiger partial charge on any atom is -0.326 e. The van der Waals surface area contributed by atoms with Gasteiger partial charge in [-0.15, -0.1) is 0 Å². The average Bonchev–Trinajstić information content (AvgIpc) is 2.43. The molecule has 4 nitrogen and oxygen atoms in total. The van der Waals surface area contributed by atoms with Gasteiger partial charge in [0.2, 0.25) is 0 Å². The second kappa shape index (κ2) is 7.11. The Hall–Kier alpha value is -1.30. The van der Waals surface area contributed by atoms with E-state index in [1.807, 2.05) is 31.2 Å². The molecule has 0 saturated heterocycles. The molecule has 1 aromatic carbocycles. The SMILES string of the molecule is CCC(N)C(Sc1nc(C)cc(=O)[nH]1)c1cccc(Cl)c1. The lowest BCUT2D eigenvalue weighted by molar-refractivity contribution is 0.632. The van der Waals surface area contributed by atoms with Crippen LogP contribution in [-0.2, 0) is 0 Å². The largest absolute Gasteiger partial charge is 0.326 e. The molecule has 0 bridgehead atoms. The van der Waals surface area contributed by atoms with Crippen LogP contribution in [0, 0.1) is 6.92 Å². The molecule has 0 aliphatic rings. The lowest BCUT2D eigenvalue weighted by Crippen LogP contribution is -2.26. The maximum atomic E-state index is 11.6. The van der Waals surface area contributed by atoms with Crippen LogP contribution < -0.4 is 11.3 Å². The van der Waals surface area contributed by atoms with Crippen LogP contribution in [0.15, 0.2) is 40.3 Å². The van der Waals surface area contributed by atoms with E-state index >= 15 is 0 Å². The van der Waals surface area contributed by atoms with E-state index in [4.69, 9.17) is 17.3 Å². The third kappa shape index (κ3) is 4.33. The Morgan fingerprint density at radius 2 is 2.19 bits per heavy atom. The molecule has 2 rings (SSSR count). The van der Waals surface area contributed by atoms with Crippen LogP contribution in [0.2, 0.25) is 5.02 Å². The molecule has 0 radical (unpaired) electrons. The zero-order valence-corrected chi connectivity index (χ0v) is 13.5. The lowest BCUT2D eigenvalue weighted by Gasteiger charge is -2.22. The first-order valence-electron chi connectivity index (χ1n) is 6.75. The van der Waals surface area contributed by atoms with Crippen LogP contribution in [0.5, 0.6) is 0 Å². The molecule has 0 fully saturated rings. The summed E-state index contributed by atoms with van der Waals surface area (Å²) >= 11 is 7.53. The number of hydrogen-bond acceptors (Lipinski definition) is 4. The normalized spacial score (nSPS) is 13.9. The lowest BCUT2D eigenvalue weighted by atomic mass is 10.0. The number of thioether (sulfide) groups is 1. The van der Waals surface area contributed by atoms with E-state index in [0.717, 1.165) is 12.0 Å². The molecule has 1 heterocycles. The highest BCUT2D eigenvalue weighted by Gasteiger charge is 2.21. The first kappa shape index (κ1) is 16.1. The number of H-pyrrole nitrogens is 1. The van der Waals surface area contributed by atoms with Crippen molar-refractivity contribution in [3.63, 3.8) is 0 Å². The third-order valence-electron chi connectivity index (χ3n) is 3.12. The summed E-state index contributed by atoms with van der Waals surface area (Å²) in [6, 6.07) is 9.05. The number of nitrogens with two attached hydrogens (primary N) is 1. The summed E-state index contributed by atoms with van der Waals surface area (Å²) in [5, 5.41) is 1.24. The Morgan fingerprint density at radius 1 is 1.43 bits per heavy atom. The van der Waals surface area contributed by atoms with Gasteiger partial charge in [-0.05, 0) is 31.0 Å². The number of benzene rings is 1. The molecule has 0 spiro atoms. The minimum absolute atomic E-state index is 0.0151. The topological polar surface area (TPSA) is 71.8 Å². The summed E-state index contributed by atoms with van der Waals surface area (Å²) in [5.41, 5.74) is 7.81. The fraction of sp³-hybridized carbons (Fsp3) is 0.333. The van der Waals surface area contributed by atoms with Crippen molar-refractivity contribution >= 4 is 23.4 Å². The Balaban J connectivity index is 2.35. The molecule has 0 aliphatic heterocycles. The van der Waals surface area contributed by atoms with Crippen LogP contribution in [-0.4, -0.2) is 16.0 Å². The molecule has 0 aliphatic carbocycles. The van der Waals surface area contributed by atoms with Gasteiger partial charge in [0.25, 0.3) is 5.56 Å². The molecule has 2 atom stereocenters. The Labute approximate surface area is 133 Å². The number of nitrogens with zero attached hydrogens (tertiary/aromatic N) is 1. The number of nitrogens with one attached hydrogen (secondary N) is 1. The van der Waals surface area contributed by atoms with Gasteiger partial charge in [0.05, 0.1) is 5.25 Å². The predicted molar refractivity (Wildman–Crippen MR) is 87.9 cm³/mol. The smallest absolute Gasteiger partial charge is 0.251 e. The maximum absolute atomic E-state index is 11.6. The molecular formula is C15H18ClN3OS. The van der Waals surface area contributed by atoms with Gasteiger partial charge in [0.1, 0.15) is 0 Å². The third-order valence-corrected chi connectivity index (χ3v) is 4.65. The van der Waals surface area contributed by atoms with Crippen molar-refractivity contribution in [3.05, 3.63) is 57.0 Å². The van der Waals surface area contributed by atoms with E-state index < -0.39 is 0 Å². The van der Waals surface area contributed by atoms with E-state index in [9.17, 15) is 4.79 Å². The summed E-state index contributed by atoms with van der Waals surface area (Å²) < 4.78 is 0. The number of rotatable bonds is 5. The van der Waals surface area contributed by atoms with Crippen molar-refractivity contribution < 1.29 is 0 Å². The van der Waals surface area contributed by atoms with Gasteiger partial charge in [-0.25, -0.2) is 4.98 Å². The van der Waals surface area contributed by atoms with Crippen molar-refractivity contribution in [2.75, 3.05) is 0 Å². The Bertz CT molecular complexity index is 674. The van der Waals surface area contributed by atoms with Crippen molar-refractivity contribution in [2.45, 2.75) is 36.7 Å². The summed E-state index contributed by atoms with van der Waals surface area (Å²) in [6.45, 7) is 3.84. The average molecular weight is 324 g/mol. The molecule has 2 aromatic rings. The quantitative estimate of drug-likeness (QED) is 0.654. The first-order chi connectivity index (χ1) is 9.99. The van der Waals surface area contributed by atoms with E-state index in [1.54, 1.807) is 6.92 Å². The van der Waals surface area contributed by atoms with Gasteiger partial charge in [-0.1, -0.05) is 42.4 Å². The van der Waals surface area contributed by atoms with Gasteiger partial charge in [-0.3, -0.25) is 4.79 Å². The Kier molecular flexibility index (Phi) is 5.45. The van der Waals surface area contributed by atoms with Crippen LogP contribution >= 0.6 is 23.4 Å². The fourth-order valence-corrected chi connectivity index (χ4v) is 3.47. The summed E-state index contributed by atoms with van der Waals surface area (Å²) in [6.07, 6.45) is 0.820. The summed E-state index contributed by atoms with van der Waals surface area (Å²) in [7, 11) is 0. The van der Waals surface area contributed by atoms with Crippen LogP contribution in [0.4, 0.5) is 0 Å². The van der Waals surface area contributed by atoms with Crippen molar-refractivity contribution in [2.24, 2.45) is 5.73 Å². The molecule has 0 amide bonds. The number of aromatic amines is 1. The molecule has 3 N–H and O–H groups in total. The predicted octanol–water partition coefficient (Wildman–Crippen LogP) is 3.30. The zero-order valence-electron chi connectivity index (χ0n) is 12.0. The number of aryl methyl sites for hydroxylation is 1. The maximum Gasteiger partial charge on any atom is 0.251 e. The van der Waals surface area contributed by atoms with E-state index in [1.165, 1.54) is 17.8 Å². The Morgan fingerprint density at radius 3 is 2.81 bits per heavy atom. The number of halogens is 1. The van der Waals surface area contributed by atoms with Crippen molar-refractivity contribution in [3.8, 4) is 0 Å². The molecule has 112 valence electrons. The highest BCUT2D eigenvalue weighted by Crippen LogP contribution is 2.36. The van der Waals surface area contributed by atoms with Crippen LogP contribution in [0.1, 0.15) is 29.9 Å². The van der Waals surface area contributed by atoms with Gasteiger partial charge in [0, 0.05) is 22.8 Å². The van der Waals surface area contributed by atoms with E-state index in [2.05, 4.69) is 9.97 Å². The van der Waals surface area contributed by atoms with E-state index in [0.29, 0.717) is 15.9 Å². The first-order valence-corrected chi connectivity index (χ1v) is 8.01. The van der Waals surface area contributed by atoms with Crippen LogP contribution in [0.25, 0.3) is 0 Å². The summed E-state index contributed by atoms with van der Waals surface area (Å²) in [5.74, 6) is 0. The van der Waals surface area contributed by atoms with Crippen molar-refractivity contribution in [1.29, 1.82) is 0 Å². The van der Waals surface area contributed by atoms with E-state index in [-0.39, 0.29) is 16.9 Å². The molecule has 21 heavy (non-hydrogen) atoms. The minimum atomic E-state index is -0.153. The highest BCUT2D eigenvalue weighted by molar-refractivity contribution is 7.99. The number of hydrogen-bond donors (Lipinski definition) is 2. The second-order valence-corrected chi connectivity index (χ2v) is 6.42. The highest BCUT2D eigenvalue weighted by atomic mass is 35.5. The molecule has 1 aromatic heterocycles. The van der Waals surface area contributed by atoms with Crippen LogP contribution in [0.3, 0.4) is 0 Å². The van der Waals surface area contributed by atoms with Gasteiger partial charge in [-0.2, -0.15) is 0 Å². The fourth-order valence-electron chi connectivity index (χ4n) is 2.03. The summed E-state index contributed by atoms with van der Waals surface area (Å²) in [4.78, 5) is 18.7. The molecule has 0 saturated carbocycles. The number of aromatic nitrogens is 2. The zero-order chi connectivity index (χ0) is 15.4. The molecular weight excluding hydrogens is 306 g/mol. The van der Waals surface area contributed by atoms with Gasteiger partial charge in [0.15, 0.2) is 5.16 Å². The van der Waals surface area contributed by atoms with Gasteiger partial charge < -0.3 is 10.7 Å². The monoisotopic (exact) mass is 323 g/mol.